The summed E-state index contributed by atoms with van der Waals surface area (Å²) in [7, 11) is 0. The fourth-order valence-corrected chi connectivity index (χ4v) is 3.46. The molecule has 6 nitrogen and oxygen atoms in total. The van der Waals surface area contributed by atoms with Gasteiger partial charge in [0.25, 0.3) is 5.78 Å². The van der Waals surface area contributed by atoms with E-state index < -0.39 is 0 Å². The van der Waals surface area contributed by atoms with Crippen LogP contribution in [0, 0.1) is 0 Å². The van der Waals surface area contributed by atoms with E-state index in [0.717, 1.165) is 30.2 Å². The quantitative estimate of drug-likeness (QED) is 0.782. The van der Waals surface area contributed by atoms with E-state index in [1.807, 2.05) is 18.2 Å². The lowest BCUT2D eigenvalue weighted by Crippen LogP contribution is -2.35. The topological polar surface area (TPSA) is 58.3 Å². The van der Waals surface area contributed by atoms with Gasteiger partial charge < -0.3 is 5.32 Å². The molecule has 0 saturated carbocycles. The van der Waals surface area contributed by atoms with Gasteiger partial charge in [0.2, 0.25) is 0 Å². The maximum absolute atomic E-state index is 4.62. The van der Waals surface area contributed by atoms with E-state index in [0.29, 0.717) is 11.8 Å². The van der Waals surface area contributed by atoms with Gasteiger partial charge in [-0.15, -0.1) is 0 Å². The van der Waals surface area contributed by atoms with E-state index >= 15 is 0 Å². The normalized spacial score (nSPS) is 18.3. The Bertz CT molecular complexity index is 813. The summed E-state index contributed by atoms with van der Waals surface area (Å²) in [5.74, 6) is 1.57. The van der Waals surface area contributed by atoms with Crippen LogP contribution in [-0.2, 0) is 0 Å². The van der Waals surface area contributed by atoms with Gasteiger partial charge in [-0.2, -0.15) is 14.6 Å². The van der Waals surface area contributed by atoms with Crippen molar-refractivity contribution in [1.82, 2.24) is 24.5 Å². The number of hydrogen-bond donors (Lipinski definition) is 1. The second kappa shape index (κ2) is 6.57. The Morgan fingerprint density at radius 1 is 1.25 bits per heavy atom. The molecule has 4 rings (SSSR count). The first-order valence-corrected chi connectivity index (χ1v) is 8.59. The van der Waals surface area contributed by atoms with Gasteiger partial charge in [0, 0.05) is 24.2 Å². The Morgan fingerprint density at radius 2 is 2.12 bits per heavy atom. The Morgan fingerprint density at radius 3 is 2.96 bits per heavy atom. The van der Waals surface area contributed by atoms with Crippen molar-refractivity contribution >= 4 is 11.6 Å². The van der Waals surface area contributed by atoms with Crippen LogP contribution in [0.4, 0.5) is 5.82 Å². The number of anilines is 1. The van der Waals surface area contributed by atoms with Gasteiger partial charge in [-0.25, -0.2) is 4.98 Å². The molecule has 0 amide bonds. The van der Waals surface area contributed by atoms with Crippen LogP contribution < -0.4 is 5.32 Å². The van der Waals surface area contributed by atoms with E-state index in [4.69, 9.17) is 0 Å². The largest absolute Gasteiger partial charge is 0.368 e. The second-order valence-electron chi connectivity index (χ2n) is 6.17. The maximum Gasteiger partial charge on any atom is 0.254 e. The molecule has 1 aliphatic rings. The van der Waals surface area contributed by atoms with Crippen LogP contribution in [0.2, 0.25) is 0 Å². The number of likely N-dealkylation sites (N-methyl/N-ethyl adjacent to an activating group) is 1. The molecule has 0 spiro atoms. The van der Waals surface area contributed by atoms with E-state index in [9.17, 15) is 0 Å². The van der Waals surface area contributed by atoms with Gasteiger partial charge in [-0.05, 0) is 25.9 Å². The molecule has 124 valence electrons. The van der Waals surface area contributed by atoms with E-state index in [2.05, 4.69) is 50.4 Å². The summed E-state index contributed by atoms with van der Waals surface area (Å²) in [6.45, 7) is 5.46. The minimum absolute atomic E-state index is 0.585. The Balaban J connectivity index is 1.63. The smallest absolute Gasteiger partial charge is 0.254 e. The first-order chi connectivity index (χ1) is 11.8. The Labute approximate surface area is 141 Å². The third-order valence-electron chi connectivity index (χ3n) is 4.75. The molecule has 0 radical (unpaired) electrons. The van der Waals surface area contributed by atoms with E-state index in [-0.39, 0.29) is 0 Å². The molecule has 1 atom stereocenters. The minimum Gasteiger partial charge on any atom is -0.368 e. The van der Waals surface area contributed by atoms with Crippen molar-refractivity contribution in [3.8, 4) is 11.3 Å². The van der Waals surface area contributed by atoms with Gasteiger partial charge in [-0.1, -0.05) is 37.3 Å². The van der Waals surface area contributed by atoms with Crippen LogP contribution in [-0.4, -0.2) is 50.2 Å². The first-order valence-electron chi connectivity index (χ1n) is 8.59. The number of fused-ring (bicyclic) bond motifs is 1. The van der Waals surface area contributed by atoms with Gasteiger partial charge >= 0.3 is 0 Å². The van der Waals surface area contributed by atoms with Crippen LogP contribution in [0.25, 0.3) is 17.0 Å². The van der Waals surface area contributed by atoms with Crippen LogP contribution >= 0.6 is 0 Å². The molecule has 24 heavy (non-hydrogen) atoms. The molecular formula is C18H22N6. The zero-order chi connectivity index (χ0) is 16.4. The predicted octanol–water partition coefficient (Wildman–Crippen LogP) is 2.69. The second-order valence-corrected chi connectivity index (χ2v) is 6.17. The van der Waals surface area contributed by atoms with Crippen LogP contribution in [0.5, 0.6) is 0 Å². The number of rotatable bonds is 5. The number of nitrogens with zero attached hydrogens (tertiary/aromatic N) is 5. The molecule has 0 bridgehead atoms. The lowest BCUT2D eigenvalue weighted by atomic mass is 10.1. The number of aromatic nitrogens is 4. The molecule has 6 heteroatoms. The van der Waals surface area contributed by atoms with Crippen LogP contribution in [0.1, 0.15) is 19.8 Å². The highest BCUT2D eigenvalue weighted by atomic mass is 15.4. The molecule has 1 aromatic carbocycles. The average molecular weight is 322 g/mol. The van der Waals surface area contributed by atoms with Gasteiger partial charge in [-0.3, -0.25) is 4.90 Å². The zero-order valence-corrected chi connectivity index (χ0v) is 13.9. The highest BCUT2D eigenvalue weighted by molar-refractivity contribution is 5.65. The minimum atomic E-state index is 0.585. The highest BCUT2D eigenvalue weighted by Gasteiger charge is 2.23. The van der Waals surface area contributed by atoms with Crippen molar-refractivity contribution in [2.24, 2.45) is 0 Å². The fraction of sp³-hybridized carbons (Fsp3) is 0.389. The highest BCUT2D eigenvalue weighted by Crippen LogP contribution is 2.22. The SMILES string of the molecule is CCN1CCC[C@H]1CNc1cc(-c2ccccc2)nc2ncnn12. The molecule has 1 aliphatic heterocycles. The first kappa shape index (κ1) is 15.1. The Kier molecular flexibility index (Phi) is 4.13. The number of nitrogens with one attached hydrogen (secondary N) is 1. The van der Waals surface area contributed by atoms with Crippen LogP contribution in [0.3, 0.4) is 0 Å². The van der Waals surface area contributed by atoms with Gasteiger partial charge in [0.1, 0.15) is 12.1 Å². The van der Waals surface area contributed by atoms with Crippen molar-refractivity contribution in [2.45, 2.75) is 25.8 Å². The third-order valence-corrected chi connectivity index (χ3v) is 4.75. The summed E-state index contributed by atoms with van der Waals surface area (Å²) >= 11 is 0. The number of benzene rings is 1. The molecule has 1 N–H and O–H groups in total. The number of hydrogen-bond acceptors (Lipinski definition) is 5. The van der Waals surface area contributed by atoms with Crippen molar-refractivity contribution in [2.75, 3.05) is 25.0 Å². The summed E-state index contributed by atoms with van der Waals surface area (Å²) in [5.41, 5.74) is 2.00. The van der Waals surface area contributed by atoms with Crippen molar-refractivity contribution < 1.29 is 0 Å². The lowest BCUT2D eigenvalue weighted by molar-refractivity contribution is 0.277. The summed E-state index contributed by atoms with van der Waals surface area (Å²) in [5, 5.41) is 7.87. The summed E-state index contributed by atoms with van der Waals surface area (Å²) in [4.78, 5) is 11.4. The van der Waals surface area contributed by atoms with E-state index in [1.165, 1.54) is 19.4 Å². The molecule has 1 saturated heterocycles. The monoisotopic (exact) mass is 322 g/mol. The maximum atomic E-state index is 4.62. The number of likely N-dealkylation sites (tertiary alicyclic amines) is 1. The van der Waals surface area contributed by atoms with Crippen molar-refractivity contribution in [3.63, 3.8) is 0 Å². The lowest BCUT2D eigenvalue weighted by Gasteiger charge is -2.23. The zero-order valence-electron chi connectivity index (χ0n) is 13.9. The Hall–Kier alpha value is -2.47. The van der Waals surface area contributed by atoms with Gasteiger partial charge in [0.05, 0.1) is 5.69 Å². The van der Waals surface area contributed by atoms with Crippen molar-refractivity contribution in [3.05, 3.63) is 42.7 Å². The predicted molar refractivity (Wildman–Crippen MR) is 95.0 cm³/mol. The molecule has 1 fully saturated rings. The summed E-state index contributed by atoms with van der Waals surface area (Å²) < 4.78 is 1.78. The molecule has 3 heterocycles. The van der Waals surface area contributed by atoms with Gasteiger partial charge in [0.15, 0.2) is 0 Å². The standard InChI is InChI=1S/C18H22N6/c1-2-23-10-6-9-15(23)12-19-17-11-16(14-7-4-3-5-8-14)22-18-20-13-21-24(17)18/h3-5,7-8,11,13,15,19H,2,6,9-10,12H2,1H3/t15-/m0/s1. The molecular weight excluding hydrogens is 300 g/mol. The molecule has 3 aromatic rings. The fourth-order valence-electron chi connectivity index (χ4n) is 3.46. The molecule has 0 aliphatic carbocycles. The van der Waals surface area contributed by atoms with E-state index in [1.54, 1.807) is 10.8 Å². The van der Waals surface area contributed by atoms with Crippen LogP contribution in [0.15, 0.2) is 42.7 Å². The van der Waals surface area contributed by atoms with Crippen molar-refractivity contribution in [1.29, 1.82) is 0 Å². The molecule has 2 aromatic heterocycles. The summed E-state index contributed by atoms with van der Waals surface area (Å²) in [6, 6.07) is 12.8. The summed E-state index contributed by atoms with van der Waals surface area (Å²) in [6.07, 6.45) is 4.08. The average Bonchev–Trinajstić information content (AvgIpc) is 3.29. The third kappa shape index (κ3) is 2.85. The molecule has 0 unspecified atom stereocenters.